The van der Waals surface area contributed by atoms with E-state index in [1.165, 1.54) is 0 Å². The van der Waals surface area contributed by atoms with Crippen LogP contribution in [0.3, 0.4) is 0 Å². The van der Waals surface area contributed by atoms with Gasteiger partial charge in [0, 0.05) is 32.4 Å². The number of carbonyl (C=O) groups excluding carboxylic acids is 1. The standard InChI is InChI=1S/C12H19ClN4O/c1-5-6-17(8-10(18)16(3)4)11-9(2)7-14-12(13)15-11/h7H,5-6,8H2,1-4H3. The summed E-state index contributed by atoms with van der Waals surface area (Å²) in [5, 5.41) is 0.203. The molecule has 0 bridgehead atoms. The number of nitrogens with zero attached hydrogens (tertiary/aromatic N) is 4. The molecule has 0 aliphatic rings. The minimum atomic E-state index is 0.0394. The number of hydrogen-bond acceptors (Lipinski definition) is 4. The topological polar surface area (TPSA) is 49.3 Å². The van der Waals surface area contributed by atoms with Crippen molar-refractivity contribution in [3.8, 4) is 0 Å². The molecule has 5 nitrogen and oxygen atoms in total. The minimum Gasteiger partial charge on any atom is -0.347 e. The average Bonchev–Trinajstić information content (AvgIpc) is 2.31. The Morgan fingerprint density at radius 3 is 2.67 bits per heavy atom. The predicted molar refractivity (Wildman–Crippen MR) is 73.0 cm³/mol. The molecule has 0 N–H and O–H groups in total. The van der Waals surface area contributed by atoms with Crippen molar-refractivity contribution in [2.45, 2.75) is 20.3 Å². The van der Waals surface area contributed by atoms with Crippen molar-refractivity contribution in [2.75, 3.05) is 32.1 Å². The maximum Gasteiger partial charge on any atom is 0.241 e. The number of amides is 1. The van der Waals surface area contributed by atoms with E-state index in [0.717, 1.165) is 24.3 Å². The van der Waals surface area contributed by atoms with Gasteiger partial charge in [-0.15, -0.1) is 0 Å². The second-order valence-corrected chi connectivity index (χ2v) is 4.69. The van der Waals surface area contributed by atoms with Crippen molar-refractivity contribution in [1.29, 1.82) is 0 Å². The predicted octanol–water partition coefficient (Wildman–Crippen LogP) is 1.74. The molecule has 6 heteroatoms. The van der Waals surface area contributed by atoms with Crippen LogP contribution >= 0.6 is 11.6 Å². The van der Waals surface area contributed by atoms with Gasteiger partial charge in [-0.1, -0.05) is 6.92 Å². The minimum absolute atomic E-state index is 0.0394. The van der Waals surface area contributed by atoms with Gasteiger partial charge in [0.2, 0.25) is 11.2 Å². The summed E-state index contributed by atoms with van der Waals surface area (Å²) >= 11 is 5.82. The Hall–Kier alpha value is -1.36. The van der Waals surface area contributed by atoms with E-state index >= 15 is 0 Å². The van der Waals surface area contributed by atoms with Crippen molar-refractivity contribution in [3.63, 3.8) is 0 Å². The number of aromatic nitrogens is 2. The van der Waals surface area contributed by atoms with Gasteiger partial charge in [0.05, 0.1) is 6.54 Å². The van der Waals surface area contributed by atoms with E-state index < -0.39 is 0 Å². The zero-order valence-corrected chi connectivity index (χ0v) is 12.0. The fourth-order valence-corrected chi connectivity index (χ4v) is 1.70. The average molecular weight is 271 g/mol. The highest BCUT2D eigenvalue weighted by Gasteiger charge is 2.16. The molecule has 1 aromatic heterocycles. The zero-order chi connectivity index (χ0) is 13.7. The van der Waals surface area contributed by atoms with Crippen LogP contribution in [0.2, 0.25) is 5.28 Å². The van der Waals surface area contributed by atoms with E-state index in [2.05, 4.69) is 16.9 Å². The third kappa shape index (κ3) is 3.84. The van der Waals surface area contributed by atoms with Crippen LogP contribution in [0.4, 0.5) is 5.82 Å². The van der Waals surface area contributed by atoms with Crippen LogP contribution in [0.1, 0.15) is 18.9 Å². The van der Waals surface area contributed by atoms with Gasteiger partial charge >= 0.3 is 0 Å². The molecule has 0 atom stereocenters. The summed E-state index contributed by atoms with van der Waals surface area (Å²) in [6.45, 7) is 5.03. The number of carbonyl (C=O) groups is 1. The van der Waals surface area contributed by atoms with Gasteiger partial charge in [0.15, 0.2) is 0 Å². The van der Waals surface area contributed by atoms with E-state index in [4.69, 9.17) is 11.6 Å². The van der Waals surface area contributed by atoms with Crippen LogP contribution in [0.25, 0.3) is 0 Å². The summed E-state index contributed by atoms with van der Waals surface area (Å²) in [7, 11) is 3.48. The van der Waals surface area contributed by atoms with E-state index in [1.54, 1.807) is 25.2 Å². The van der Waals surface area contributed by atoms with Gasteiger partial charge in [-0.25, -0.2) is 9.97 Å². The molecule has 0 fully saturated rings. The maximum atomic E-state index is 11.8. The van der Waals surface area contributed by atoms with Gasteiger partial charge < -0.3 is 9.80 Å². The lowest BCUT2D eigenvalue weighted by Crippen LogP contribution is -2.38. The third-order valence-electron chi connectivity index (χ3n) is 2.53. The molecule has 0 aromatic carbocycles. The first-order valence-corrected chi connectivity index (χ1v) is 6.27. The fraction of sp³-hybridized carbons (Fsp3) is 0.583. The number of hydrogen-bond donors (Lipinski definition) is 0. The summed E-state index contributed by atoms with van der Waals surface area (Å²) in [5.41, 5.74) is 0.916. The smallest absolute Gasteiger partial charge is 0.241 e. The third-order valence-corrected chi connectivity index (χ3v) is 2.72. The van der Waals surface area contributed by atoms with Crippen molar-refractivity contribution in [2.24, 2.45) is 0 Å². The number of likely N-dealkylation sites (N-methyl/N-ethyl adjacent to an activating group) is 1. The molecule has 0 aliphatic heterocycles. The van der Waals surface area contributed by atoms with Crippen LogP contribution < -0.4 is 4.90 Å². The molecule has 0 saturated carbocycles. The maximum absolute atomic E-state index is 11.8. The van der Waals surface area contributed by atoms with Gasteiger partial charge in [-0.2, -0.15) is 0 Å². The molecule has 1 rings (SSSR count). The normalized spacial score (nSPS) is 10.3. The van der Waals surface area contributed by atoms with E-state index in [9.17, 15) is 4.79 Å². The highest BCUT2D eigenvalue weighted by Crippen LogP contribution is 2.18. The van der Waals surface area contributed by atoms with Crippen molar-refractivity contribution < 1.29 is 4.79 Å². The Morgan fingerprint density at radius 1 is 1.44 bits per heavy atom. The SMILES string of the molecule is CCCN(CC(=O)N(C)C)c1nc(Cl)ncc1C. The van der Waals surface area contributed by atoms with Crippen LogP contribution in [0.5, 0.6) is 0 Å². The molecule has 18 heavy (non-hydrogen) atoms. The Morgan fingerprint density at radius 2 is 2.11 bits per heavy atom. The van der Waals surface area contributed by atoms with Crippen LogP contribution in [0, 0.1) is 6.92 Å². The molecule has 0 unspecified atom stereocenters. The molecule has 0 saturated heterocycles. The molecule has 0 aliphatic carbocycles. The number of anilines is 1. The Labute approximate surface area is 113 Å². The summed E-state index contributed by atoms with van der Waals surface area (Å²) in [5.74, 6) is 0.768. The largest absolute Gasteiger partial charge is 0.347 e. The summed E-state index contributed by atoms with van der Waals surface area (Å²) in [6, 6.07) is 0. The first-order valence-electron chi connectivity index (χ1n) is 5.90. The number of halogens is 1. The van der Waals surface area contributed by atoms with Gasteiger partial charge in [0.25, 0.3) is 0 Å². The molecule has 0 radical (unpaired) electrons. The molecular weight excluding hydrogens is 252 g/mol. The number of aryl methyl sites for hydroxylation is 1. The highest BCUT2D eigenvalue weighted by atomic mass is 35.5. The van der Waals surface area contributed by atoms with E-state index in [0.29, 0.717) is 6.54 Å². The monoisotopic (exact) mass is 270 g/mol. The quantitative estimate of drug-likeness (QED) is 0.765. The molecule has 0 spiro atoms. The Bertz CT molecular complexity index is 423. The van der Waals surface area contributed by atoms with Crippen LogP contribution in [-0.2, 0) is 4.79 Å². The second kappa shape index (κ2) is 6.54. The van der Waals surface area contributed by atoms with Crippen molar-refractivity contribution in [1.82, 2.24) is 14.9 Å². The Balaban J connectivity index is 2.96. The van der Waals surface area contributed by atoms with Crippen LogP contribution in [0.15, 0.2) is 6.20 Å². The lowest BCUT2D eigenvalue weighted by Gasteiger charge is -2.25. The van der Waals surface area contributed by atoms with Crippen molar-refractivity contribution in [3.05, 3.63) is 17.0 Å². The first-order chi connectivity index (χ1) is 8.45. The zero-order valence-electron chi connectivity index (χ0n) is 11.3. The van der Waals surface area contributed by atoms with Crippen molar-refractivity contribution >= 4 is 23.3 Å². The first kappa shape index (κ1) is 14.7. The van der Waals surface area contributed by atoms with Gasteiger partial charge in [-0.3, -0.25) is 4.79 Å². The van der Waals surface area contributed by atoms with Gasteiger partial charge in [-0.05, 0) is 24.9 Å². The van der Waals surface area contributed by atoms with Crippen LogP contribution in [-0.4, -0.2) is 48.0 Å². The van der Waals surface area contributed by atoms with Gasteiger partial charge in [0.1, 0.15) is 5.82 Å². The van der Waals surface area contributed by atoms with E-state index in [-0.39, 0.29) is 11.2 Å². The molecule has 100 valence electrons. The molecule has 1 heterocycles. The summed E-state index contributed by atoms with van der Waals surface area (Å²) in [4.78, 5) is 23.5. The lowest BCUT2D eigenvalue weighted by molar-refractivity contribution is -0.127. The summed E-state index contributed by atoms with van der Waals surface area (Å²) in [6.07, 6.45) is 2.61. The number of rotatable bonds is 5. The molecule has 1 aromatic rings. The fourth-order valence-electron chi connectivity index (χ4n) is 1.57. The second-order valence-electron chi connectivity index (χ2n) is 4.36. The highest BCUT2D eigenvalue weighted by molar-refractivity contribution is 6.28. The molecule has 1 amide bonds. The Kier molecular flexibility index (Phi) is 5.34. The lowest BCUT2D eigenvalue weighted by atomic mass is 10.3. The summed E-state index contributed by atoms with van der Waals surface area (Å²) < 4.78 is 0. The van der Waals surface area contributed by atoms with E-state index in [1.807, 2.05) is 11.8 Å². The molecular formula is C12H19ClN4O.